The number of nitrogens with one attached hydrogen (secondary N) is 1. The van der Waals surface area contributed by atoms with Gasteiger partial charge in [0.25, 0.3) is 5.91 Å². The molecule has 0 saturated carbocycles. The van der Waals surface area contributed by atoms with Crippen molar-refractivity contribution >= 4 is 23.2 Å². The van der Waals surface area contributed by atoms with E-state index in [1.54, 1.807) is 29.2 Å². The summed E-state index contributed by atoms with van der Waals surface area (Å²) in [5.41, 5.74) is 0.604. The van der Waals surface area contributed by atoms with Crippen LogP contribution in [0.25, 0.3) is 0 Å². The molecule has 0 aliphatic carbocycles. The molecule has 2 atom stereocenters. The molecule has 7 nitrogen and oxygen atoms in total. The average Bonchev–Trinajstić information content (AvgIpc) is 3.37. The third-order valence-corrected chi connectivity index (χ3v) is 6.62. The number of amides is 2. The van der Waals surface area contributed by atoms with Crippen molar-refractivity contribution in [1.29, 1.82) is 0 Å². The molecule has 3 aromatic rings. The van der Waals surface area contributed by atoms with E-state index in [-0.39, 0.29) is 30.7 Å². The van der Waals surface area contributed by atoms with Crippen molar-refractivity contribution < 1.29 is 24.2 Å². The van der Waals surface area contributed by atoms with E-state index in [0.717, 1.165) is 11.3 Å². The number of hydrogen-bond acceptors (Lipinski definition) is 6. The van der Waals surface area contributed by atoms with E-state index in [4.69, 9.17) is 9.47 Å². The first-order chi connectivity index (χ1) is 16.9. The van der Waals surface area contributed by atoms with E-state index >= 15 is 0 Å². The van der Waals surface area contributed by atoms with Gasteiger partial charge in [-0.3, -0.25) is 9.59 Å². The van der Waals surface area contributed by atoms with Crippen molar-refractivity contribution in [3.63, 3.8) is 0 Å². The number of benzene rings is 2. The first kappa shape index (κ1) is 24.6. The third kappa shape index (κ3) is 6.14. The van der Waals surface area contributed by atoms with E-state index in [0.29, 0.717) is 29.5 Å². The van der Waals surface area contributed by atoms with Gasteiger partial charge >= 0.3 is 0 Å². The minimum Gasteiger partial charge on any atom is -0.508 e. The van der Waals surface area contributed by atoms with Crippen LogP contribution in [-0.2, 0) is 16.1 Å². The van der Waals surface area contributed by atoms with Gasteiger partial charge in [-0.15, -0.1) is 11.3 Å². The highest BCUT2D eigenvalue weighted by Gasteiger charge is 2.38. The highest BCUT2D eigenvalue weighted by atomic mass is 32.1. The second-order valence-electron chi connectivity index (χ2n) is 8.88. The molecule has 35 heavy (non-hydrogen) atoms. The van der Waals surface area contributed by atoms with E-state index in [1.807, 2.05) is 29.6 Å². The predicted molar refractivity (Wildman–Crippen MR) is 135 cm³/mol. The van der Waals surface area contributed by atoms with E-state index < -0.39 is 12.1 Å². The van der Waals surface area contributed by atoms with Crippen molar-refractivity contribution in [2.24, 2.45) is 5.92 Å². The number of carbonyl (C=O) groups excluding carboxylic acids is 2. The molecule has 1 aliphatic heterocycles. The van der Waals surface area contributed by atoms with Crippen LogP contribution in [0.3, 0.4) is 0 Å². The minimum atomic E-state index is -0.905. The number of nitrogens with zero attached hydrogens (tertiary/aromatic N) is 1. The Kier molecular flexibility index (Phi) is 7.92. The second kappa shape index (κ2) is 11.3. The van der Waals surface area contributed by atoms with E-state index in [2.05, 4.69) is 19.2 Å². The summed E-state index contributed by atoms with van der Waals surface area (Å²) in [5.74, 6) is 0.977. The van der Waals surface area contributed by atoms with Crippen LogP contribution >= 0.6 is 11.3 Å². The zero-order chi connectivity index (χ0) is 24.8. The number of rotatable bonds is 9. The highest BCUT2D eigenvalue weighted by molar-refractivity contribution is 7.09. The van der Waals surface area contributed by atoms with Crippen LogP contribution in [-0.4, -0.2) is 41.1 Å². The number of carbonyl (C=O) groups is 2. The van der Waals surface area contributed by atoms with Gasteiger partial charge in [-0.2, -0.15) is 0 Å². The van der Waals surface area contributed by atoms with Gasteiger partial charge in [0.15, 0.2) is 11.5 Å². The fourth-order valence-electron chi connectivity index (χ4n) is 3.90. The fourth-order valence-corrected chi connectivity index (χ4v) is 4.61. The van der Waals surface area contributed by atoms with Gasteiger partial charge in [-0.05, 0) is 53.6 Å². The quantitative estimate of drug-likeness (QED) is 0.457. The highest BCUT2D eigenvalue weighted by Crippen LogP contribution is 2.33. The van der Waals surface area contributed by atoms with Crippen molar-refractivity contribution in [3.05, 3.63) is 76.5 Å². The van der Waals surface area contributed by atoms with Crippen molar-refractivity contribution in [2.75, 3.05) is 13.2 Å². The summed E-state index contributed by atoms with van der Waals surface area (Å²) in [6.07, 6.45) is -0.0727. The number of ether oxygens (including phenoxy) is 2. The Balaban J connectivity index is 1.66. The van der Waals surface area contributed by atoms with Gasteiger partial charge < -0.3 is 24.8 Å². The third-order valence-electron chi connectivity index (χ3n) is 5.76. The Labute approximate surface area is 209 Å². The monoisotopic (exact) mass is 494 g/mol. The molecule has 2 aromatic carbocycles. The number of para-hydroxylation sites is 2. The van der Waals surface area contributed by atoms with Crippen LogP contribution in [0.1, 0.15) is 36.8 Å². The standard InChI is InChI=1S/C27H30N2O5S/c1-18(2)13-14-28-26(31)25(19-9-11-20(30)12-10-19)29(16-21-6-5-15-35-21)27(32)24-17-33-22-7-3-4-8-23(22)34-24/h3-12,15,18,24-25,30H,13-14,16-17H2,1-2H3,(H,28,31)/t24-,25+/m1/s1. The summed E-state index contributed by atoms with van der Waals surface area (Å²) in [7, 11) is 0. The molecule has 2 N–H and O–H groups in total. The predicted octanol–water partition coefficient (Wildman–Crippen LogP) is 4.53. The largest absolute Gasteiger partial charge is 0.508 e. The average molecular weight is 495 g/mol. The maximum absolute atomic E-state index is 13.9. The molecule has 0 spiro atoms. The van der Waals surface area contributed by atoms with Gasteiger partial charge in [0.1, 0.15) is 18.4 Å². The van der Waals surface area contributed by atoms with Gasteiger partial charge in [-0.25, -0.2) is 0 Å². The number of phenolic OH excluding ortho intramolecular Hbond substituents is 1. The Morgan fingerprint density at radius 3 is 2.51 bits per heavy atom. The van der Waals surface area contributed by atoms with Gasteiger partial charge in [0.05, 0.1) is 6.54 Å². The molecular formula is C27H30N2O5S. The normalized spacial score (nSPS) is 15.5. The lowest BCUT2D eigenvalue weighted by Crippen LogP contribution is -2.50. The van der Waals surface area contributed by atoms with Crippen molar-refractivity contribution in [1.82, 2.24) is 10.2 Å². The molecule has 1 aliphatic rings. The van der Waals surface area contributed by atoms with Crippen LogP contribution in [0.2, 0.25) is 0 Å². The van der Waals surface area contributed by atoms with Crippen LogP contribution in [0.4, 0.5) is 0 Å². The summed E-state index contributed by atoms with van der Waals surface area (Å²) < 4.78 is 11.8. The molecule has 2 amide bonds. The summed E-state index contributed by atoms with van der Waals surface area (Å²) in [5, 5.41) is 14.7. The lowest BCUT2D eigenvalue weighted by Gasteiger charge is -2.35. The second-order valence-corrected chi connectivity index (χ2v) is 9.91. The molecule has 0 saturated heterocycles. The first-order valence-corrected chi connectivity index (χ1v) is 12.6. The van der Waals surface area contributed by atoms with Crippen LogP contribution in [0.5, 0.6) is 17.2 Å². The van der Waals surface area contributed by atoms with Crippen molar-refractivity contribution in [2.45, 2.75) is 39.0 Å². The fraction of sp³-hybridized carbons (Fsp3) is 0.333. The Hall–Kier alpha value is -3.52. The van der Waals surface area contributed by atoms with E-state index in [9.17, 15) is 14.7 Å². The summed E-state index contributed by atoms with van der Waals surface area (Å²) >= 11 is 1.51. The molecule has 184 valence electrons. The minimum absolute atomic E-state index is 0.0497. The maximum Gasteiger partial charge on any atom is 0.268 e. The van der Waals surface area contributed by atoms with E-state index in [1.165, 1.54) is 23.5 Å². The number of fused-ring (bicyclic) bond motifs is 1. The van der Waals surface area contributed by atoms with Gasteiger partial charge in [-0.1, -0.05) is 44.2 Å². The number of aromatic hydroxyl groups is 1. The Morgan fingerprint density at radius 2 is 1.83 bits per heavy atom. The summed E-state index contributed by atoms with van der Waals surface area (Å²) in [4.78, 5) is 29.9. The maximum atomic E-state index is 13.9. The Morgan fingerprint density at radius 1 is 1.09 bits per heavy atom. The topological polar surface area (TPSA) is 88.1 Å². The van der Waals surface area contributed by atoms with Crippen LogP contribution in [0.15, 0.2) is 66.0 Å². The number of phenols is 1. The molecule has 8 heteroatoms. The Bertz CT molecular complexity index is 1130. The zero-order valence-corrected chi connectivity index (χ0v) is 20.7. The molecule has 0 bridgehead atoms. The molecule has 0 radical (unpaired) electrons. The lowest BCUT2D eigenvalue weighted by molar-refractivity contribution is -0.149. The van der Waals surface area contributed by atoms with Gasteiger partial charge in [0.2, 0.25) is 12.0 Å². The smallest absolute Gasteiger partial charge is 0.268 e. The summed E-state index contributed by atoms with van der Waals surface area (Å²) in [6.45, 7) is 4.97. The number of hydrogen-bond donors (Lipinski definition) is 2. The molecule has 4 rings (SSSR count). The molecular weight excluding hydrogens is 464 g/mol. The van der Waals surface area contributed by atoms with Crippen LogP contribution in [0, 0.1) is 5.92 Å². The molecule has 2 heterocycles. The van der Waals surface area contributed by atoms with Crippen molar-refractivity contribution in [3.8, 4) is 17.2 Å². The molecule has 1 aromatic heterocycles. The number of thiophene rings is 1. The first-order valence-electron chi connectivity index (χ1n) is 11.7. The van der Waals surface area contributed by atoms with Gasteiger partial charge in [0, 0.05) is 11.4 Å². The zero-order valence-electron chi connectivity index (χ0n) is 19.8. The lowest BCUT2D eigenvalue weighted by atomic mass is 10.0. The van der Waals surface area contributed by atoms with Crippen LogP contribution < -0.4 is 14.8 Å². The SMILES string of the molecule is CC(C)CCNC(=O)[C@H](c1ccc(O)cc1)N(Cc1cccs1)C(=O)[C@H]1COc2ccccc2O1. The summed E-state index contributed by atoms with van der Waals surface area (Å²) in [6, 6.07) is 16.5. The molecule has 0 unspecified atom stereocenters. The molecule has 0 fully saturated rings.